The molecule has 0 heterocycles. The average molecular weight is 592 g/mol. The third-order valence-corrected chi connectivity index (χ3v) is 7.39. The zero-order valence-electron chi connectivity index (χ0n) is 22.2. The van der Waals surface area contributed by atoms with Crippen molar-refractivity contribution in [2.45, 2.75) is 51.9 Å². The summed E-state index contributed by atoms with van der Waals surface area (Å²) in [6.45, 7) is 3.13. The molecule has 216 valence electrons. The zero-order valence-corrected chi connectivity index (χ0v) is 23.8. The number of anilines is 1. The summed E-state index contributed by atoms with van der Waals surface area (Å²) in [5.74, 6) is -0.638. The molecule has 0 aliphatic carbocycles. The largest absolute Gasteiger partial charge is 0.497 e. The summed E-state index contributed by atoms with van der Waals surface area (Å²) in [5, 5.41) is 2.51. The van der Waals surface area contributed by atoms with Crippen molar-refractivity contribution in [1.82, 2.24) is 10.2 Å². The second kappa shape index (κ2) is 13.9. The quantitative estimate of drug-likeness (QED) is 0.336. The van der Waals surface area contributed by atoms with Gasteiger partial charge in [0, 0.05) is 13.1 Å². The first-order chi connectivity index (χ1) is 18.2. The number of carbonyl (C=O) groups is 2. The number of nitrogens with zero attached hydrogens (tertiary/aromatic N) is 2. The molecule has 2 aromatic rings. The van der Waals surface area contributed by atoms with Gasteiger partial charge in [0.15, 0.2) is 0 Å². The summed E-state index contributed by atoms with van der Waals surface area (Å²) < 4.78 is 71.2. The van der Waals surface area contributed by atoms with E-state index in [0.717, 1.165) is 31.2 Å². The minimum absolute atomic E-state index is 0.0591. The maximum absolute atomic E-state index is 13.7. The summed E-state index contributed by atoms with van der Waals surface area (Å²) in [6, 6.07) is 7.99. The Hall–Kier alpha value is -2.99. The zero-order chi connectivity index (χ0) is 29.4. The molecule has 2 amide bonds. The number of alkyl halides is 3. The van der Waals surface area contributed by atoms with E-state index in [2.05, 4.69) is 5.32 Å². The number of ether oxygens (including phenoxy) is 1. The number of nitrogens with one attached hydrogen (secondary N) is 1. The van der Waals surface area contributed by atoms with Crippen molar-refractivity contribution in [2.75, 3.05) is 30.8 Å². The average Bonchev–Trinajstić information content (AvgIpc) is 2.86. The summed E-state index contributed by atoms with van der Waals surface area (Å²) in [7, 11) is -2.77. The Labute approximate surface area is 232 Å². The van der Waals surface area contributed by atoms with E-state index in [1.165, 1.54) is 12.0 Å². The predicted molar refractivity (Wildman–Crippen MR) is 144 cm³/mol. The molecule has 0 unspecified atom stereocenters. The van der Waals surface area contributed by atoms with Crippen LogP contribution in [0, 0.1) is 0 Å². The predicted octanol–water partition coefficient (Wildman–Crippen LogP) is 4.86. The molecule has 0 saturated carbocycles. The van der Waals surface area contributed by atoms with Crippen molar-refractivity contribution in [3.63, 3.8) is 0 Å². The first kappa shape index (κ1) is 32.2. The van der Waals surface area contributed by atoms with Gasteiger partial charge in [-0.1, -0.05) is 44.0 Å². The molecule has 0 aliphatic heterocycles. The van der Waals surface area contributed by atoms with Crippen LogP contribution in [0.15, 0.2) is 42.5 Å². The molecule has 2 rings (SSSR count). The standard InChI is InChI=1S/C26H33ClF3N3O5S/c1-5-7-14-31-25(35)22(6-2)32(16-18-8-11-20(38-3)12-9-18)24(34)17-33(39(4,36)37)23-15-19(26(28,29)30)10-13-21(23)27/h8-13,15,22H,5-7,14,16-17H2,1-4H3,(H,31,35)/t22-/m0/s1. The molecular weight excluding hydrogens is 559 g/mol. The summed E-state index contributed by atoms with van der Waals surface area (Å²) in [6.07, 6.45) is -2.23. The van der Waals surface area contributed by atoms with E-state index in [0.29, 0.717) is 28.2 Å². The minimum atomic E-state index is -4.77. The lowest BCUT2D eigenvalue weighted by molar-refractivity contribution is -0.140. The van der Waals surface area contributed by atoms with E-state index >= 15 is 0 Å². The van der Waals surface area contributed by atoms with Crippen LogP contribution in [0.3, 0.4) is 0 Å². The van der Waals surface area contributed by atoms with Gasteiger partial charge in [0.2, 0.25) is 21.8 Å². The lowest BCUT2D eigenvalue weighted by Crippen LogP contribution is -2.52. The number of benzene rings is 2. The van der Waals surface area contributed by atoms with E-state index in [1.54, 1.807) is 31.2 Å². The lowest BCUT2D eigenvalue weighted by Gasteiger charge is -2.33. The maximum atomic E-state index is 13.7. The highest BCUT2D eigenvalue weighted by atomic mass is 35.5. The van der Waals surface area contributed by atoms with Crippen molar-refractivity contribution >= 4 is 39.1 Å². The normalized spacial score (nSPS) is 12.5. The Kier molecular flexibility index (Phi) is 11.5. The molecule has 39 heavy (non-hydrogen) atoms. The molecule has 0 fully saturated rings. The van der Waals surface area contributed by atoms with Gasteiger partial charge in [-0.2, -0.15) is 13.2 Å². The fraction of sp³-hybridized carbons (Fsp3) is 0.462. The molecule has 1 atom stereocenters. The number of amides is 2. The van der Waals surface area contributed by atoms with E-state index < -0.39 is 51.9 Å². The van der Waals surface area contributed by atoms with E-state index in [-0.39, 0.29) is 18.0 Å². The van der Waals surface area contributed by atoms with E-state index in [4.69, 9.17) is 16.3 Å². The summed E-state index contributed by atoms with van der Waals surface area (Å²) in [5.41, 5.74) is -0.987. The van der Waals surface area contributed by atoms with Crippen molar-refractivity contribution in [2.24, 2.45) is 0 Å². The molecule has 0 bridgehead atoms. The third-order valence-electron chi connectivity index (χ3n) is 5.95. The second-order valence-corrected chi connectivity index (χ2v) is 11.2. The third kappa shape index (κ3) is 9.03. The van der Waals surface area contributed by atoms with Crippen LogP contribution in [0.1, 0.15) is 44.2 Å². The molecule has 0 spiro atoms. The Morgan fingerprint density at radius 1 is 1.10 bits per heavy atom. The fourth-order valence-corrected chi connectivity index (χ4v) is 4.95. The van der Waals surface area contributed by atoms with Gasteiger partial charge in [-0.3, -0.25) is 13.9 Å². The van der Waals surface area contributed by atoms with Gasteiger partial charge in [0.1, 0.15) is 18.3 Å². The molecule has 0 saturated heterocycles. The number of unbranched alkanes of at least 4 members (excludes halogenated alkanes) is 1. The number of carbonyl (C=O) groups excluding carboxylic acids is 2. The Balaban J connectivity index is 2.51. The molecular formula is C26H33ClF3N3O5S. The van der Waals surface area contributed by atoms with Crippen LogP contribution in [-0.2, 0) is 32.3 Å². The van der Waals surface area contributed by atoms with Crippen molar-refractivity contribution in [3.8, 4) is 5.75 Å². The van der Waals surface area contributed by atoms with Crippen LogP contribution in [0.5, 0.6) is 5.75 Å². The Morgan fingerprint density at radius 3 is 2.26 bits per heavy atom. The number of hydrogen-bond donors (Lipinski definition) is 1. The number of halogens is 4. The van der Waals surface area contributed by atoms with Gasteiger partial charge in [-0.15, -0.1) is 0 Å². The molecule has 1 N–H and O–H groups in total. The second-order valence-electron chi connectivity index (χ2n) is 8.87. The van der Waals surface area contributed by atoms with E-state index in [9.17, 15) is 31.2 Å². The topological polar surface area (TPSA) is 96.0 Å². The molecule has 0 aromatic heterocycles. The van der Waals surface area contributed by atoms with Gasteiger partial charge in [0.05, 0.1) is 29.6 Å². The first-order valence-corrected chi connectivity index (χ1v) is 14.5. The van der Waals surface area contributed by atoms with Crippen LogP contribution in [0.25, 0.3) is 0 Å². The van der Waals surface area contributed by atoms with Gasteiger partial charge in [-0.05, 0) is 48.7 Å². The van der Waals surface area contributed by atoms with Crippen LogP contribution in [0.4, 0.5) is 18.9 Å². The van der Waals surface area contributed by atoms with Gasteiger partial charge >= 0.3 is 6.18 Å². The van der Waals surface area contributed by atoms with Crippen LogP contribution in [0.2, 0.25) is 5.02 Å². The number of rotatable bonds is 13. The summed E-state index contributed by atoms with van der Waals surface area (Å²) >= 11 is 6.11. The van der Waals surface area contributed by atoms with E-state index in [1.807, 2.05) is 6.92 Å². The number of hydrogen-bond acceptors (Lipinski definition) is 5. The van der Waals surface area contributed by atoms with Crippen molar-refractivity contribution < 1.29 is 35.9 Å². The van der Waals surface area contributed by atoms with Gasteiger partial charge in [0.25, 0.3) is 0 Å². The first-order valence-electron chi connectivity index (χ1n) is 12.3. The minimum Gasteiger partial charge on any atom is -0.497 e. The molecule has 0 aliphatic rings. The van der Waals surface area contributed by atoms with Crippen LogP contribution >= 0.6 is 11.6 Å². The Morgan fingerprint density at radius 2 is 1.74 bits per heavy atom. The van der Waals surface area contributed by atoms with Gasteiger partial charge < -0.3 is 15.0 Å². The highest BCUT2D eigenvalue weighted by molar-refractivity contribution is 7.92. The molecule has 2 aromatic carbocycles. The molecule has 13 heteroatoms. The number of sulfonamides is 1. The summed E-state index contributed by atoms with van der Waals surface area (Å²) in [4.78, 5) is 27.9. The Bertz CT molecular complexity index is 1240. The fourth-order valence-electron chi connectivity index (χ4n) is 3.83. The smallest absolute Gasteiger partial charge is 0.416 e. The van der Waals surface area contributed by atoms with Gasteiger partial charge in [-0.25, -0.2) is 8.42 Å². The van der Waals surface area contributed by atoms with Crippen LogP contribution < -0.4 is 14.4 Å². The van der Waals surface area contributed by atoms with Crippen LogP contribution in [-0.4, -0.2) is 57.6 Å². The number of methoxy groups -OCH3 is 1. The molecule has 8 nitrogen and oxygen atoms in total. The van der Waals surface area contributed by atoms with Crippen molar-refractivity contribution in [1.29, 1.82) is 0 Å². The van der Waals surface area contributed by atoms with Crippen molar-refractivity contribution in [3.05, 3.63) is 58.6 Å². The highest BCUT2D eigenvalue weighted by Crippen LogP contribution is 2.36. The monoisotopic (exact) mass is 591 g/mol. The molecule has 0 radical (unpaired) electrons. The lowest BCUT2D eigenvalue weighted by atomic mass is 10.1. The SMILES string of the molecule is CCCCNC(=O)[C@H](CC)N(Cc1ccc(OC)cc1)C(=O)CN(c1cc(C(F)(F)F)ccc1Cl)S(C)(=O)=O. The highest BCUT2D eigenvalue weighted by Gasteiger charge is 2.35. The maximum Gasteiger partial charge on any atom is 0.416 e.